The van der Waals surface area contributed by atoms with Crippen LogP contribution in [0.25, 0.3) is 0 Å². The quantitative estimate of drug-likeness (QED) is 0.786. The molecule has 1 aromatic rings. The van der Waals surface area contributed by atoms with Gasteiger partial charge in [0.05, 0.1) is 5.71 Å². The molecule has 0 fully saturated rings. The minimum Gasteiger partial charge on any atom is -0.384 e. The van der Waals surface area contributed by atoms with Crippen LogP contribution in [0.4, 0.5) is 0 Å². The number of rotatable bonds is 1. The van der Waals surface area contributed by atoms with Crippen molar-refractivity contribution in [3.8, 4) is 0 Å². The van der Waals surface area contributed by atoms with E-state index < -0.39 is 0 Å². The molecule has 0 aliphatic carbocycles. The zero-order valence-electron chi connectivity index (χ0n) is 9.72. The van der Waals surface area contributed by atoms with Crippen molar-refractivity contribution in [2.75, 3.05) is 13.7 Å². The van der Waals surface area contributed by atoms with E-state index in [0.29, 0.717) is 12.5 Å². The van der Waals surface area contributed by atoms with Crippen molar-refractivity contribution in [3.63, 3.8) is 0 Å². The van der Waals surface area contributed by atoms with Crippen molar-refractivity contribution < 1.29 is 0 Å². The normalized spacial score (nSPS) is 19.0. The van der Waals surface area contributed by atoms with E-state index >= 15 is 0 Å². The molecule has 0 amide bonds. The first kappa shape index (κ1) is 10.1. The van der Waals surface area contributed by atoms with Gasteiger partial charge < -0.3 is 10.6 Å². The molecular weight excluding hydrogens is 212 g/mol. The molecule has 0 atom stereocenters. The molecule has 4 heteroatoms. The van der Waals surface area contributed by atoms with Gasteiger partial charge in [0.1, 0.15) is 18.3 Å². The highest BCUT2D eigenvalue weighted by molar-refractivity contribution is 6.12. The lowest BCUT2D eigenvalue weighted by Crippen LogP contribution is -2.29. The summed E-state index contributed by atoms with van der Waals surface area (Å²) >= 11 is 0. The molecule has 0 saturated carbocycles. The Morgan fingerprint density at radius 1 is 1.24 bits per heavy atom. The lowest BCUT2D eigenvalue weighted by atomic mass is 10.0. The Morgan fingerprint density at radius 3 is 2.71 bits per heavy atom. The number of benzene rings is 1. The molecular formula is C13H14N4. The topological polar surface area (TPSA) is 54.0 Å². The number of hydrogen-bond acceptors (Lipinski definition) is 4. The first-order valence-electron chi connectivity index (χ1n) is 5.63. The highest BCUT2D eigenvalue weighted by Crippen LogP contribution is 2.27. The van der Waals surface area contributed by atoms with Gasteiger partial charge in [0.25, 0.3) is 0 Å². The summed E-state index contributed by atoms with van der Waals surface area (Å²) in [6.45, 7) is 0.593. The Morgan fingerprint density at radius 2 is 2.00 bits per heavy atom. The van der Waals surface area contributed by atoms with Gasteiger partial charge in [0.15, 0.2) is 0 Å². The predicted molar refractivity (Wildman–Crippen MR) is 68.9 cm³/mol. The van der Waals surface area contributed by atoms with Gasteiger partial charge in [-0.2, -0.15) is 0 Å². The summed E-state index contributed by atoms with van der Waals surface area (Å²) in [7, 11) is 1.99. The van der Waals surface area contributed by atoms with E-state index in [0.717, 1.165) is 29.1 Å². The molecule has 1 aromatic carbocycles. The number of amidine groups is 1. The van der Waals surface area contributed by atoms with E-state index in [-0.39, 0.29) is 0 Å². The highest BCUT2D eigenvalue weighted by Gasteiger charge is 2.26. The maximum absolute atomic E-state index is 5.91. The fourth-order valence-electron chi connectivity index (χ4n) is 2.14. The van der Waals surface area contributed by atoms with Gasteiger partial charge in [-0.1, -0.05) is 30.3 Å². The molecule has 0 bridgehead atoms. The average molecular weight is 226 g/mol. The minimum absolute atomic E-state index is 0.593. The molecule has 0 aromatic heterocycles. The Bertz CT molecular complexity index is 540. The third-order valence-corrected chi connectivity index (χ3v) is 3.09. The number of hydrogen-bond donors (Lipinski definition) is 1. The van der Waals surface area contributed by atoms with Crippen LogP contribution in [0, 0.1) is 0 Å². The van der Waals surface area contributed by atoms with E-state index in [1.54, 1.807) is 0 Å². The van der Waals surface area contributed by atoms with Gasteiger partial charge in [-0.3, -0.25) is 0 Å². The number of nitrogens with two attached hydrogens (primary N) is 1. The second-order valence-corrected chi connectivity index (χ2v) is 4.29. The van der Waals surface area contributed by atoms with Crippen LogP contribution in [0.15, 0.2) is 51.7 Å². The molecule has 2 aliphatic rings. The molecule has 0 spiro atoms. The molecule has 2 N–H and O–H groups in total. The van der Waals surface area contributed by atoms with Gasteiger partial charge in [-0.15, -0.1) is 0 Å². The Kier molecular flexibility index (Phi) is 2.21. The van der Waals surface area contributed by atoms with Crippen molar-refractivity contribution in [1.82, 2.24) is 4.90 Å². The van der Waals surface area contributed by atoms with Gasteiger partial charge in [-0.25, -0.2) is 9.98 Å². The molecule has 0 unspecified atom stereocenters. The molecule has 0 radical (unpaired) electrons. The maximum Gasteiger partial charge on any atom is 0.137 e. The highest BCUT2D eigenvalue weighted by atomic mass is 15.3. The van der Waals surface area contributed by atoms with Crippen molar-refractivity contribution in [2.24, 2.45) is 15.7 Å². The van der Waals surface area contributed by atoms with E-state index in [2.05, 4.69) is 22.1 Å². The molecule has 3 rings (SSSR count). The summed E-state index contributed by atoms with van der Waals surface area (Å²) in [5.74, 6) is 1.60. The number of nitrogens with zero attached hydrogens (tertiary/aromatic N) is 3. The molecule has 2 aliphatic heterocycles. The monoisotopic (exact) mass is 226 g/mol. The Labute approximate surface area is 100 Å². The molecule has 2 heterocycles. The molecule has 17 heavy (non-hydrogen) atoms. The largest absolute Gasteiger partial charge is 0.384 e. The van der Waals surface area contributed by atoms with Gasteiger partial charge in [-0.05, 0) is 5.56 Å². The average Bonchev–Trinajstić information content (AvgIpc) is 2.81. The van der Waals surface area contributed by atoms with E-state index in [9.17, 15) is 0 Å². The fraction of sp³-hybridized carbons (Fsp3) is 0.231. The van der Waals surface area contributed by atoms with Crippen LogP contribution in [0.5, 0.6) is 0 Å². The summed E-state index contributed by atoms with van der Waals surface area (Å²) < 4.78 is 0. The maximum atomic E-state index is 5.91. The summed E-state index contributed by atoms with van der Waals surface area (Å²) in [5.41, 5.74) is 9.20. The van der Waals surface area contributed by atoms with Crippen molar-refractivity contribution in [3.05, 3.63) is 47.3 Å². The third-order valence-electron chi connectivity index (χ3n) is 3.09. The zero-order valence-corrected chi connectivity index (χ0v) is 9.72. The van der Waals surface area contributed by atoms with E-state index in [1.807, 2.05) is 30.1 Å². The minimum atomic E-state index is 0.593. The van der Waals surface area contributed by atoms with E-state index in [1.165, 1.54) is 0 Å². The van der Waals surface area contributed by atoms with Crippen LogP contribution in [-0.2, 0) is 0 Å². The van der Waals surface area contributed by atoms with Crippen LogP contribution in [0.1, 0.15) is 12.0 Å². The Hall–Kier alpha value is -2.10. The summed E-state index contributed by atoms with van der Waals surface area (Å²) in [5, 5.41) is 0. The van der Waals surface area contributed by atoms with Crippen LogP contribution in [-0.4, -0.2) is 30.2 Å². The third kappa shape index (κ3) is 1.62. The molecule has 4 nitrogen and oxygen atoms in total. The predicted octanol–water partition coefficient (Wildman–Crippen LogP) is 1.35. The van der Waals surface area contributed by atoms with Gasteiger partial charge >= 0.3 is 0 Å². The van der Waals surface area contributed by atoms with E-state index in [4.69, 9.17) is 5.73 Å². The van der Waals surface area contributed by atoms with Crippen molar-refractivity contribution in [1.29, 1.82) is 0 Å². The first-order chi connectivity index (χ1) is 8.25. The van der Waals surface area contributed by atoms with Gasteiger partial charge in [0, 0.05) is 19.0 Å². The molecule has 0 saturated heterocycles. The standard InChI is InChI=1S/C13H14N4/c1-17-8-15-12(14)10-7-11(16-13(10)17)9-5-3-2-4-6-9/h2-6H,7-8H2,1H3,(H2,14,15). The van der Waals surface area contributed by atoms with Crippen LogP contribution < -0.4 is 5.73 Å². The van der Waals surface area contributed by atoms with Crippen LogP contribution in [0.2, 0.25) is 0 Å². The summed E-state index contributed by atoms with van der Waals surface area (Å²) in [6, 6.07) is 10.2. The van der Waals surface area contributed by atoms with Crippen molar-refractivity contribution in [2.45, 2.75) is 6.42 Å². The summed E-state index contributed by atoms with van der Waals surface area (Å²) in [6.07, 6.45) is 0.777. The number of aliphatic imine (C=N–C) groups is 2. The van der Waals surface area contributed by atoms with Gasteiger partial charge in [0.2, 0.25) is 0 Å². The lowest BCUT2D eigenvalue weighted by molar-refractivity contribution is 0.421. The van der Waals surface area contributed by atoms with Crippen molar-refractivity contribution >= 4 is 11.5 Å². The second-order valence-electron chi connectivity index (χ2n) is 4.29. The fourth-order valence-corrected chi connectivity index (χ4v) is 2.14. The van der Waals surface area contributed by atoms with Crippen LogP contribution in [0.3, 0.4) is 0 Å². The SMILES string of the molecule is CN1CN=C(N)C2=C1N=C(c1ccccc1)C2. The molecule has 86 valence electrons. The lowest BCUT2D eigenvalue weighted by Gasteiger charge is -2.21. The van der Waals surface area contributed by atoms with Crippen LogP contribution >= 0.6 is 0 Å². The first-order valence-corrected chi connectivity index (χ1v) is 5.63. The Balaban J connectivity index is 1.96. The zero-order chi connectivity index (χ0) is 11.8. The smallest absolute Gasteiger partial charge is 0.137 e. The second kappa shape index (κ2) is 3.73. The summed E-state index contributed by atoms with van der Waals surface area (Å²) in [4.78, 5) is 11.0.